The minimum Gasteiger partial charge on any atom is -0.348 e. The number of aromatic nitrogens is 1. The number of aldehydes is 1. The van der Waals surface area contributed by atoms with E-state index < -0.39 is 0 Å². The zero-order chi connectivity index (χ0) is 13.1. The fraction of sp³-hybridized carbons (Fsp3) is 0.692. The Morgan fingerprint density at radius 3 is 2.83 bits per heavy atom. The first-order valence-corrected chi connectivity index (χ1v) is 7.67. The Morgan fingerprint density at radius 2 is 2.22 bits per heavy atom. The van der Waals surface area contributed by atoms with E-state index >= 15 is 0 Å². The predicted molar refractivity (Wildman–Crippen MR) is 76.9 cm³/mol. The van der Waals surface area contributed by atoms with Gasteiger partial charge in [-0.15, -0.1) is 0 Å². The summed E-state index contributed by atoms with van der Waals surface area (Å²) in [5, 5.41) is 1.24. The second-order valence-corrected chi connectivity index (χ2v) is 6.56. The lowest BCUT2D eigenvalue weighted by Crippen LogP contribution is -2.24. The molecule has 1 saturated heterocycles. The van der Waals surface area contributed by atoms with Gasteiger partial charge in [-0.1, -0.05) is 36.8 Å². The second kappa shape index (κ2) is 6.02. The topological polar surface area (TPSA) is 33.2 Å². The fourth-order valence-electron chi connectivity index (χ4n) is 2.49. The quantitative estimate of drug-likeness (QED) is 0.791. The molecule has 3 nitrogen and oxygen atoms in total. The Bertz CT molecular complexity index is 419. The summed E-state index contributed by atoms with van der Waals surface area (Å²) in [7, 11) is 0. The summed E-state index contributed by atoms with van der Waals surface area (Å²) in [5.74, 6) is 1.55. The largest absolute Gasteiger partial charge is 0.348 e. The molecule has 0 radical (unpaired) electrons. The predicted octanol–water partition coefficient (Wildman–Crippen LogP) is 3.87. The standard InChI is InChI=1S/C13H19ClN2OS/c1-9(2)10-4-3-6-16(7-5-10)13-15-12(14)11(8-17)18-13/h8-10H,3-7H2,1-2H3. The van der Waals surface area contributed by atoms with Crippen molar-refractivity contribution in [2.45, 2.75) is 33.1 Å². The van der Waals surface area contributed by atoms with Gasteiger partial charge in [-0.2, -0.15) is 0 Å². The molecular formula is C13H19ClN2OS. The number of rotatable bonds is 3. The monoisotopic (exact) mass is 286 g/mol. The van der Waals surface area contributed by atoms with Crippen molar-refractivity contribution in [2.75, 3.05) is 18.0 Å². The SMILES string of the molecule is CC(C)C1CCCN(c2nc(Cl)c(C=O)s2)CC1. The zero-order valence-electron chi connectivity index (χ0n) is 10.9. The van der Waals surface area contributed by atoms with Gasteiger partial charge in [0.2, 0.25) is 0 Å². The van der Waals surface area contributed by atoms with Crippen LogP contribution in [0.4, 0.5) is 5.13 Å². The van der Waals surface area contributed by atoms with Crippen LogP contribution in [0.5, 0.6) is 0 Å². The second-order valence-electron chi connectivity index (χ2n) is 5.19. The smallest absolute Gasteiger partial charge is 0.187 e. The molecule has 2 rings (SSSR count). The maximum Gasteiger partial charge on any atom is 0.187 e. The molecule has 0 saturated carbocycles. The number of hydrogen-bond donors (Lipinski definition) is 0. The lowest BCUT2D eigenvalue weighted by molar-refractivity contribution is 0.112. The first-order valence-electron chi connectivity index (χ1n) is 6.48. The minimum absolute atomic E-state index is 0.342. The van der Waals surface area contributed by atoms with Gasteiger partial charge in [-0.05, 0) is 31.1 Å². The summed E-state index contributed by atoms with van der Waals surface area (Å²) >= 11 is 7.33. The number of nitrogens with zero attached hydrogens (tertiary/aromatic N) is 2. The summed E-state index contributed by atoms with van der Waals surface area (Å²) < 4.78 is 0. The van der Waals surface area contributed by atoms with Gasteiger partial charge in [0, 0.05) is 13.1 Å². The number of halogens is 1. The molecule has 0 N–H and O–H groups in total. The van der Waals surface area contributed by atoms with E-state index in [1.54, 1.807) is 0 Å². The van der Waals surface area contributed by atoms with E-state index in [9.17, 15) is 4.79 Å². The van der Waals surface area contributed by atoms with Crippen molar-refractivity contribution in [1.82, 2.24) is 4.98 Å². The molecule has 1 atom stereocenters. The third kappa shape index (κ3) is 3.04. The Balaban J connectivity index is 2.07. The van der Waals surface area contributed by atoms with Crippen LogP contribution in [0.3, 0.4) is 0 Å². The number of carbonyl (C=O) groups is 1. The van der Waals surface area contributed by atoms with Crippen LogP contribution in [0, 0.1) is 11.8 Å². The molecule has 1 fully saturated rings. The summed E-state index contributed by atoms with van der Waals surface area (Å²) in [4.78, 5) is 17.9. The van der Waals surface area contributed by atoms with E-state index in [-0.39, 0.29) is 0 Å². The van der Waals surface area contributed by atoms with Gasteiger partial charge in [0.25, 0.3) is 0 Å². The van der Waals surface area contributed by atoms with E-state index in [0.717, 1.165) is 36.3 Å². The highest BCUT2D eigenvalue weighted by Gasteiger charge is 2.22. The van der Waals surface area contributed by atoms with Crippen LogP contribution in [0.15, 0.2) is 0 Å². The highest BCUT2D eigenvalue weighted by Crippen LogP contribution is 2.32. The van der Waals surface area contributed by atoms with Gasteiger partial charge in [-0.3, -0.25) is 4.79 Å². The van der Waals surface area contributed by atoms with Crippen LogP contribution in [-0.4, -0.2) is 24.4 Å². The van der Waals surface area contributed by atoms with Crippen LogP contribution in [0.1, 0.15) is 42.8 Å². The van der Waals surface area contributed by atoms with Crippen LogP contribution >= 0.6 is 22.9 Å². The van der Waals surface area contributed by atoms with Gasteiger partial charge in [-0.25, -0.2) is 4.98 Å². The van der Waals surface area contributed by atoms with Crippen molar-refractivity contribution in [3.8, 4) is 0 Å². The van der Waals surface area contributed by atoms with E-state index in [4.69, 9.17) is 11.6 Å². The number of thiazole rings is 1. The molecule has 0 amide bonds. The third-order valence-corrected chi connectivity index (χ3v) is 5.13. The van der Waals surface area contributed by atoms with Crippen molar-refractivity contribution < 1.29 is 4.79 Å². The first kappa shape index (κ1) is 13.8. The van der Waals surface area contributed by atoms with Gasteiger partial charge in [0.1, 0.15) is 4.88 Å². The average Bonchev–Trinajstić information content (AvgIpc) is 2.58. The van der Waals surface area contributed by atoms with Gasteiger partial charge >= 0.3 is 0 Å². The highest BCUT2D eigenvalue weighted by molar-refractivity contribution is 7.17. The first-order chi connectivity index (χ1) is 8.61. The third-order valence-electron chi connectivity index (χ3n) is 3.69. The lowest BCUT2D eigenvalue weighted by Gasteiger charge is -2.20. The van der Waals surface area contributed by atoms with Gasteiger partial charge in [0.05, 0.1) is 0 Å². The molecule has 18 heavy (non-hydrogen) atoms. The Kier molecular flexibility index (Phi) is 4.62. The highest BCUT2D eigenvalue weighted by atomic mass is 35.5. The van der Waals surface area contributed by atoms with Crippen LogP contribution < -0.4 is 4.90 Å². The molecule has 2 heterocycles. The van der Waals surface area contributed by atoms with Gasteiger partial charge in [0.15, 0.2) is 16.6 Å². The van der Waals surface area contributed by atoms with E-state index in [2.05, 4.69) is 23.7 Å². The van der Waals surface area contributed by atoms with E-state index in [0.29, 0.717) is 10.0 Å². The van der Waals surface area contributed by atoms with Crippen molar-refractivity contribution in [2.24, 2.45) is 11.8 Å². The molecule has 100 valence electrons. The Labute approximate surface area is 117 Å². The molecule has 1 unspecified atom stereocenters. The lowest BCUT2D eigenvalue weighted by atomic mass is 9.89. The Morgan fingerprint density at radius 1 is 1.44 bits per heavy atom. The maximum absolute atomic E-state index is 10.8. The van der Waals surface area contributed by atoms with Gasteiger partial charge < -0.3 is 4.90 Å². The maximum atomic E-state index is 10.8. The Hall–Kier alpha value is -0.610. The van der Waals surface area contributed by atoms with Crippen LogP contribution in [0.25, 0.3) is 0 Å². The normalized spacial score (nSPS) is 21.1. The van der Waals surface area contributed by atoms with Crippen LogP contribution in [0.2, 0.25) is 5.15 Å². The molecule has 1 aliphatic heterocycles. The summed E-state index contributed by atoms with van der Waals surface area (Å²) in [5.41, 5.74) is 0. The summed E-state index contributed by atoms with van der Waals surface area (Å²) in [6.45, 7) is 6.63. The zero-order valence-corrected chi connectivity index (χ0v) is 12.4. The molecule has 0 bridgehead atoms. The molecule has 1 aromatic heterocycles. The molecule has 1 aliphatic rings. The number of hydrogen-bond acceptors (Lipinski definition) is 4. The fourth-order valence-corrected chi connectivity index (χ4v) is 3.60. The van der Waals surface area contributed by atoms with Crippen molar-refractivity contribution in [3.63, 3.8) is 0 Å². The number of carbonyl (C=O) groups excluding carboxylic acids is 1. The van der Waals surface area contributed by atoms with Crippen molar-refractivity contribution in [3.05, 3.63) is 10.0 Å². The molecule has 5 heteroatoms. The molecular weight excluding hydrogens is 268 g/mol. The van der Waals surface area contributed by atoms with E-state index in [1.165, 1.54) is 30.6 Å². The summed E-state index contributed by atoms with van der Waals surface area (Å²) in [6.07, 6.45) is 4.47. The molecule has 0 spiro atoms. The molecule has 1 aromatic rings. The van der Waals surface area contributed by atoms with Crippen molar-refractivity contribution >= 4 is 34.4 Å². The minimum atomic E-state index is 0.342. The van der Waals surface area contributed by atoms with Crippen LogP contribution in [-0.2, 0) is 0 Å². The average molecular weight is 287 g/mol. The van der Waals surface area contributed by atoms with E-state index in [1.807, 2.05) is 0 Å². The number of anilines is 1. The molecule has 0 aliphatic carbocycles. The summed E-state index contributed by atoms with van der Waals surface area (Å²) in [6, 6.07) is 0. The van der Waals surface area contributed by atoms with Crippen molar-refractivity contribution in [1.29, 1.82) is 0 Å². The molecule has 0 aromatic carbocycles.